The first-order chi connectivity index (χ1) is 8.52. The maximum absolute atomic E-state index is 12.4. The molecule has 0 spiro atoms. The van der Waals surface area contributed by atoms with Crippen LogP contribution in [-0.4, -0.2) is 35.1 Å². The highest BCUT2D eigenvalue weighted by Crippen LogP contribution is 2.27. The van der Waals surface area contributed by atoms with Gasteiger partial charge < -0.3 is 10.0 Å². The van der Waals surface area contributed by atoms with Crippen molar-refractivity contribution >= 4 is 29.1 Å². The van der Waals surface area contributed by atoms with Crippen molar-refractivity contribution in [2.24, 2.45) is 5.92 Å². The number of benzene rings is 1. The SMILES string of the molecule is CC1CCN(C(=O)c2cc(Cl)cc(Cl)c2)C1CO. The molecule has 1 aromatic rings. The number of nitrogens with zero attached hydrogens (tertiary/aromatic N) is 1. The summed E-state index contributed by atoms with van der Waals surface area (Å²) in [7, 11) is 0. The molecule has 1 N–H and O–H groups in total. The molecule has 18 heavy (non-hydrogen) atoms. The summed E-state index contributed by atoms with van der Waals surface area (Å²) in [6, 6.07) is 4.69. The number of hydrogen-bond acceptors (Lipinski definition) is 2. The number of amides is 1. The minimum atomic E-state index is -0.122. The number of likely N-dealkylation sites (tertiary alicyclic amines) is 1. The van der Waals surface area contributed by atoms with Crippen molar-refractivity contribution in [3.8, 4) is 0 Å². The van der Waals surface area contributed by atoms with Crippen molar-refractivity contribution in [3.63, 3.8) is 0 Å². The highest BCUT2D eigenvalue weighted by Gasteiger charge is 2.34. The van der Waals surface area contributed by atoms with Crippen LogP contribution < -0.4 is 0 Å². The van der Waals surface area contributed by atoms with Gasteiger partial charge in [-0.2, -0.15) is 0 Å². The maximum atomic E-state index is 12.4. The summed E-state index contributed by atoms with van der Waals surface area (Å²) < 4.78 is 0. The average molecular weight is 288 g/mol. The summed E-state index contributed by atoms with van der Waals surface area (Å²) in [5.74, 6) is 0.191. The van der Waals surface area contributed by atoms with Crippen LogP contribution in [0.5, 0.6) is 0 Å². The van der Waals surface area contributed by atoms with E-state index in [0.29, 0.717) is 28.1 Å². The van der Waals surface area contributed by atoms with Gasteiger partial charge in [0.25, 0.3) is 5.91 Å². The predicted molar refractivity (Wildman–Crippen MR) is 72.2 cm³/mol. The quantitative estimate of drug-likeness (QED) is 0.909. The Kier molecular flexibility index (Phi) is 4.15. The monoisotopic (exact) mass is 287 g/mol. The Hall–Kier alpha value is -0.770. The molecule has 5 heteroatoms. The summed E-state index contributed by atoms with van der Waals surface area (Å²) in [4.78, 5) is 14.1. The van der Waals surface area contributed by atoms with E-state index in [0.717, 1.165) is 6.42 Å². The van der Waals surface area contributed by atoms with Crippen molar-refractivity contribution in [2.75, 3.05) is 13.2 Å². The number of aliphatic hydroxyl groups excluding tert-OH is 1. The van der Waals surface area contributed by atoms with Crippen molar-refractivity contribution in [2.45, 2.75) is 19.4 Å². The molecule has 1 fully saturated rings. The first-order valence-corrected chi connectivity index (χ1v) is 6.66. The largest absolute Gasteiger partial charge is 0.394 e. The third-order valence-corrected chi connectivity index (χ3v) is 3.88. The van der Waals surface area contributed by atoms with E-state index in [2.05, 4.69) is 0 Å². The first-order valence-electron chi connectivity index (χ1n) is 5.91. The first kappa shape index (κ1) is 13.7. The normalized spacial score (nSPS) is 23.4. The standard InChI is InChI=1S/C13H15Cl2NO2/c1-8-2-3-16(12(8)7-17)13(18)9-4-10(14)6-11(15)5-9/h4-6,8,12,17H,2-3,7H2,1H3. The van der Waals surface area contributed by atoms with Crippen LogP contribution in [0.4, 0.5) is 0 Å². The van der Waals surface area contributed by atoms with E-state index in [1.54, 1.807) is 23.1 Å². The lowest BCUT2D eigenvalue weighted by molar-refractivity contribution is 0.0648. The lowest BCUT2D eigenvalue weighted by Gasteiger charge is -2.25. The van der Waals surface area contributed by atoms with Crippen molar-refractivity contribution in [1.29, 1.82) is 0 Å². The van der Waals surface area contributed by atoms with Gasteiger partial charge >= 0.3 is 0 Å². The van der Waals surface area contributed by atoms with Crippen LogP contribution in [0.2, 0.25) is 10.0 Å². The van der Waals surface area contributed by atoms with Crippen LogP contribution >= 0.6 is 23.2 Å². The molecule has 1 heterocycles. The van der Waals surface area contributed by atoms with E-state index >= 15 is 0 Å². The second-order valence-corrected chi connectivity index (χ2v) is 5.55. The van der Waals surface area contributed by atoms with E-state index in [4.69, 9.17) is 23.2 Å². The fraction of sp³-hybridized carbons (Fsp3) is 0.462. The Morgan fingerprint density at radius 1 is 1.39 bits per heavy atom. The van der Waals surface area contributed by atoms with E-state index in [1.807, 2.05) is 6.92 Å². The number of rotatable bonds is 2. The summed E-state index contributed by atoms with van der Waals surface area (Å²) >= 11 is 11.8. The number of aliphatic hydroxyl groups is 1. The molecule has 0 aromatic heterocycles. The molecule has 1 amide bonds. The van der Waals surface area contributed by atoms with Crippen LogP contribution in [0, 0.1) is 5.92 Å². The van der Waals surface area contributed by atoms with Gasteiger partial charge in [0.15, 0.2) is 0 Å². The molecular formula is C13H15Cl2NO2. The third kappa shape index (κ3) is 2.63. The van der Waals surface area contributed by atoms with Gasteiger partial charge in [0.1, 0.15) is 0 Å². The zero-order valence-electron chi connectivity index (χ0n) is 10.1. The van der Waals surface area contributed by atoms with Gasteiger partial charge in [0.2, 0.25) is 0 Å². The average Bonchev–Trinajstić information content (AvgIpc) is 2.68. The molecular weight excluding hydrogens is 273 g/mol. The van der Waals surface area contributed by atoms with E-state index in [9.17, 15) is 9.90 Å². The molecule has 0 aliphatic carbocycles. The topological polar surface area (TPSA) is 40.5 Å². The van der Waals surface area contributed by atoms with Crippen LogP contribution in [-0.2, 0) is 0 Å². The number of carbonyl (C=O) groups excluding carboxylic acids is 1. The molecule has 1 saturated heterocycles. The van der Waals surface area contributed by atoms with Gasteiger partial charge in [-0.25, -0.2) is 0 Å². The molecule has 2 rings (SSSR count). The Bertz CT molecular complexity index is 444. The zero-order valence-corrected chi connectivity index (χ0v) is 11.6. The van der Waals surface area contributed by atoms with Crippen LogP contribution in [0.25, 0.3) is 0 Å². The van der Waals surface area contributed by atoms with Gasteiger partial charge in [-0.15, -0.1) is 0 Å². The lowest BCUT2D eigenvalue weighted by Crippen LogP contribution is -2.39. The molecule has 1 aliphatic heterocycles. The predicted octanol–water partition coefficient (Wildman–Crippen LogP) is 2.84. The van der Waals surface area contributed by atoms with Crippen LogP contribution in [0.1, 0.15) is 23.7 Å². The van der Waals surface area contributed by atoms with Gasteiger partial charge in [0, 0.05) is 22.2 Å². The van der Waals surface area contributed by atoms with Crippen LogP contribution in [0.3, 0.4) is 0 Å². The summed E-state index contributed by atoms with van der Waals surface area (Å²) in [5.41, 5.74) is 0.472. The number of hydrogen-bond donors (Lipinski definition) is 1. The molecule has 2 unspecified atom stereocenters. The highest BCUT2D eigenvalue weighted by atomic mass is 35.5. The van der Waals surface area contributed by atoms with E-state index < -0.39 is 0 Å². The van der Waals surface area contributed by atoms with Gasteiger partial charge in [-0.05, 0) is 30.5 Å². The Morgan fingerprint density at radius 2 is 2.00 bits per heavy atom. The molecule has 1 aliphatic rings. The fourth-order valence-corrected chi connectivity index (χ4v) is 2.91. The van der Waals surface area contributed by atoms with Gasteiger partial charge in [0.05, 0.1) is 12.6 Å². The molecule has 3 nitrogen and oxygen atoms in total. The van der Waals surface area contributed by atoms with Crippen molar-refractivity contribution in [3.05, 3.63) is 33.8 Å². The minimum absolute atomic E-state index is 0.0127. The van der Waals surface area contributed by atoms with Gasteiger partial charge in [-0.1, -0.05) is 30.1 Å². The summed E-state index contributed by atoms with van der Waals surface area (Å²) in [5, 5.41) is 10.3. The summed E-state index contributed by atoms with van der Waals surface area (Å²) in [6.45, 7) is 2.69. The molecule has 2 atom stereocenters. The Morgan fingerprint density at radius 3 is 2.56 bits per heavy atom. The molecule has 1 aromatic carbocycles. The van der Waals surface area contributed by atoms with Crippen molar-refractivity contribution < 1.29 is 9.90 Å². The molecule has 98 valence electrons. The smallest absolute Gasteiger partial charge is 0.254 e. The summed E-state index contributed by atoms with van der Waals surface area (Å²) in [6.07, 6.45) is 0.908. The second-order valence-electron chi connectivity index (χ2n) is 4.67. The highest BCUT2D eigenvalue weighted by molar-refractivity contribution is 6.35. The molecule has 0 saturated carbocycles. The molecule has 0 bridgehead atoms. The van der Waals surface area contributed by atoms with E-state index in [-0.39, 0.29) is 18.6 Å². The number of carbonyl (C=O) groups is 1. The third-order valence-electron chi connectivity index (χ3n) is 3.44. The Labute approximate surface area is 116 Å². The van der Waals surface area contributed by atoms with Gasteiger partial charge in [-0.3, -0.25) is 4.79 Å². The minimum Gasteiger partial charge on any atom is -0.394 e. The lowest BCUT2D eigenvalue weighted by atomic mass is 10.0. The Balaban J connectivity index is 2.25. The maximum Gasteiger partial charge on any atom is 0.254 e. The number of halogens is 2. The zero-order chi connectivity index (χ0) is 13.3. The fourth-order valence-electron chi connectivity index (χ4n) is 2.38. The van der Waals surface area contributed by atoms with Crippen LogP contribution in [0.15, 0.2) is 18.2 Å². The second kappa shape index (κ2) is 5.47. The molecule has 0 radical (unpaired) electrons. The van der Waals surface area contributed by atoms with E-state index in [1.165, 1.54) is 0 Å². The van der Waals surface area contributed by atoms with Crippen molar-refractivity contribution in [1.82, 2.24) is 4.90 Å².